The lowest BCUT2D eigenvalue weighted by atomic mass is 10.2. The average Bonchev–Trinajstić information content (AvgIpc) is 2.62. The molecule has 1 atom stereocenters. The number of thioether (sulfide) groups is 1. The Bertz CT molecular complexity index is 1150. The summed E-state index contributed by atoms with van der Waals surface area (Å²) in [4.78, 5) is 40.2. The molecule has 0 bridgehead atoms. The molecule has 0 fully saturated rings. The third-order valence-electron chi connectivity index (χ3n) is 3.79. The van der Waals surface area contributed by atoms with Crippen molar-refractivity contribution in [3.05, 3.63) is 64.5 Å². The number of rotatable bonds is 4. The van der Waals surface area contributed by atoms with Crippen molar-refractivity contribution in [3.8, 4) is 5.69 Å². The highest BCUT2D eigenvalue weighted by Gasteiger charge is 2.22. The number of fused-ring (bicyclic) bond motifs is 1. The Morgan fingerprint density at radius 3 is 2.61 bits per heavy atom. The standard InChI is InChI=1S/C18H14F2N4O3S/c1-9(15(25)23-17(21)27)28-18-22-13-5-3-2-4-11(13)16(26)24(18)14-7-6-10(19)8-12(14)20/h2-9H,1H3,(H3,21,23,25,27). The number of urea groups is 1. The molecule has 0 saturated heterocycles. The van der Waals surface area contributed by atoms with Crippen LogP contribution in [0.4, 0.5) is 13.6 Å². The lowest BCUT2D eigenvalue weighted by Gasteiger charge is -2.16. The maximum absolute atomic E-state index is 14.4. The molecule has 3 aromatic rings. The molecular weight excluding hydrogens is 390 g/mol. The number of hydrogen-bond acceptors (Lipinski definition) is 5. The average molecular weight is 404 g/mol. The van der Waals surface area contributed by atoms with Gasteiger partial charge in [-0.2, -0.15) is 0 Å². The van der Waals surface area contributed by atoms with Gasteiger partial charge in [-0.3, -0.25) is 19.5 Å². The molecule has 10 heteroatoms. The minimum absolute atomic E-state index is 0.00123. The highest BCUT2D eigenvalue weighted by molar-refractivity contribution is 8.00. The van der Waals surface area contributed by atoms with Crippen molar-refractivity contribution in [2.45, 2.75) is 17.3 Å². The fourth-order valence-corrected chi connectivity index (χ4v) is 3.42. The van der Waals surface area contributed by atoms with Crippen molar-refractivity contribution < 1.29 is 18.4 Å². The third kappa shape index (κ3) is 3.86. The Morgan fingerprint density at radius 1 is 1.21 bits per heavy atom. The molecule has 1 aromatic heterocycles. The van der Waals surface area contributed by atoms with E-state index in [1.807, 2.05) is 5.32 Å². The van der Waals surface area contributed by atoms with Gasteiger partial charge in [-0.1, -0.05) is 23.9 Å². The summed E-state index contributed by atoms with van der Waals surface area (Å²) in [6, 6.07) is 8.18. The fraction of sp³-hybridized carbons (Fsp3) is 0.111. The minimum atomic E-state index is -1.02. The van der Waals surface area contributed by atoms with E-state index in [0.717, 1.165) is 28.5 Å². The predicted molar refractivity (Wildman–Crippen MR) is 100 cm³/mol. The minimum Gasteiger partial charge on any atom is -0.351 e. The van der Waals surface area contributed by atoms with Gasteiger partial charge in [0, 0.05) is 6.07 Å². The van der Waals surface area contributed by atoms with E-state index in [1.165, 1.54) is 13.0 Å². The zero-order valence-corrected chi connectivity index (χ0v) is 15.3. The van der Waals surface area contributed by atoms with Gasteiger partial charge in [0.15, 0.2) is 5.16 Å². The van der Waals surface area contributed by atoms with Crippen LogP contribution >= 0.6 is 11.8 Å². The number of halogens is 2. The van der Waals surface area contributed by atoms with Crippen LogP contribution < -0.4 is 16.6 Å². The topological polar surface area (TPSA) is 107 Å². The van der Waals surface area contributed by atoms with Crippen LogP contribution in [-0.2, 0) is 4.79 Å². The summed E-state index contributed by atoms with van der Waals surface area (Å²) < 4.78 is 28.7. The van der Waals surface area contributed by atoms with Crippen LogP contribution in [0, 0.1) is 11.6 Å². The first kappa shape index (κ1) is 19.5. The number of para-hydroxylation sites is 1. The Labute approximate surface area is 161 Å². The number of hydrogen-bond donors (Lipinski definition) is 2. The van der Waals surface area contributed by atoms with Gasteiger partial charge in [0.1, 0.15) is 11.6 Å². The van der Waals surface area contributed by atoms with Crippen molar-refractivity contribution >= 4 is 34.6 Å². The molecule has 3 N–H and O–H groups in total. The van der Waals surface area contributed by atoms with Crippen molar-refractivity contribution in [2.24, 2.45) is 5.73 Å². The quantitative estimate of drug-likeness (QED) is 0.513. The molecule has 144 valence electrons. The summed E-state index contributed by atoms with van der Waals surface area (Å²) in [5.74, 6) is -2.47. The molecular formula is C18H14F2N4O3S. The molecule has 0 aliphatic rings. The first-order chi connectivity index (χ1) is 13.3. The van der Waals surface area contributed by atoms with Crippen LogP contribution in [0.3, 0.4) is 0 Å². The second-order valence-corrected chi connectivity index (χ2v) is 7.07. The van der Waals surface area contributed by atoms with E-state index < -0.39 is 34.4 Å². The maximum atomic E-state index is 14.4. The van der Waals surface area contributed by atoms with Gasteiger partial charge < -0.3 is 5.73 Å². The fourth-order valence-electron chi connectivity index (χ4n) is 2.50. The van der Waals surface area contributed by atoms with Gasteiger partial charge in [0.2, 0.25) is 5.91 Å². The molecule has 3 rings (SSSR count). The van der Waals surface area contributed by atoms with E-state index in [2.05, 4.69) is 4.98 Å². The molecule has 0 radical (unpaired) electrons. The molecule has 2 aromatic carbocycles. The van der Waals surface area contributed by atoms with Gasteiger partial charge in [-0.25, -0.2) is 18.6 Å². The number of amides is 3. The molecule has 0 aliphatic carbocycles. The smallest absolute Gasteiger partial charge is 0.318 e. The monoisotopic (exact) mass is 404 g/mol. The van der Waals surface area contributed by atoms with Crippen LogP contribution in [0.5, 0.6) is 0 Å². The molecule has 3 amide bonds. The summed E-state index contributed by atoms with van der Waals surface area (Å²) in [5.41, 5.74) is 4.49. The van der Waals surface area contributed by atoms with Crippen LogP contribution in [0.2, 0.25) is 0 Å². The second-order valence-electron chi connectivity index (χ2n) is 5.76. The van der Waals surface area contributed by atoms with E-state index in [-0.39, 0.29) is 16.2 Å². The van der Waals surface area contributed by atoms with Gasteiger partial charge in [-0.15, -0.1) is 0 Å². The highest BCUT2D eigenvalue weighted by atomic mass is 32.2. The second kappa shape index (κ2) is 7.77. The molecule has 1 heterocycles. The zero-order chi connectivity index (χ0) is 20.4. The molecule has 28 heavy (non-hydrogen) atoms. The Kier molecular flexibility index (Phi) is 5.41. The maximum Gasteiger partial charge on any atom is 0.318 e. The molecule has 7 nitrogen and oxygen atoms in total. The number of nitrogens with two attached hydrogens (primary N) is 1. The highest BCUT2D eigenvalue weighted by Crippen LogP contribution is 2.26. The van der Waals surface area contributed by atoms with E-state index in [9.17, 15) is 23.2 Å². The molecule has 0 saturated carbocycles. The molecule has 0 aliphatic heterocycles. The largest absolute Gasteiger partial charge is 0.351 e. The summed E-state index contributed by atoms with van der Waals surface area (Å²) >= 11 is 0.829. The van der Waals surface area contributed by atoms with E-state index in [4.69, 9.17) is 5.73 Å². The summed E-state index contributed by atoms with van der Waals surface area (Å²) in [7, 11) is 0. The number of aromatic nitrogens is 2. The Balaban J connectivity index is 2.19. The van der Waals surface area contributed by atoms with Gasteiger partial charge in [0.05, 0.1) is 21.8 Å². The van der Waals surface area contributed by atoms with Gasteiger partial charge >= 0.3 is 6.03 Å². The number of nitrogens with one attached hydrogen (secondary N) is 1. The number of carbonyl (C=O) groups excluding carboxylic acids is 2. The van der Waals surface area contributed by atoms with Crippen molar-refractivity contribution in [1.82, 2.24) is 14.9 Å². The summed E-state index contributed by atoms with van der Waals surface area (Å²) in [6.45, 7) is 1.47. The number of imide groups is 1. The lowest BCUT2D eigenvalue weighted by Crippen LogP contribution is -2.39. The van der Waals surface area contributed by atoms with Crippen LogP contribution in [0.1, 0.15) is 6.92 Å². The molecule has 1 unspecified atom stereocenters. The van der Waals surface area contributed by atoms with Gasteiger partial charge in [0.25, 0.3) is 5.56 Å². The lowest BCUT2D eigenvalue weighted by molar-refractivity contribution is -0.119. The Hall–Kier alpha value is -3.27. The van der Waals surface area contributed by atoms with Crippen molar-refractivity contribution in [1.29, 1.82) is 0 Å². The zero-order valence-electron chi connectivity index (χ0n) is 14.5. The first-order valence-electron chi connectivity index (χ1n) is 8.02. The predicted octanol–water partition coefficient (Wildman–Crippen LogP) is 2.34. The molecule has 0 spiro atoms. The first-order valence-corrected chi connectivity index (χ1v) is 8.90. The summed E-state index contributed by atoms with van der Waals surface area (Å²) in [5, 5.41) is 1.28. The van der Waals surface area contributed by atoms with Crippen LogP contribution in [0.25, 0.3) is 16.6 Å². The van der Waals surface area contributed by atoms with Crippen molar-refractivity contribution in [2.75, 3.05) is 0 Å². The van der Waals surface area contributed by atoms with Crippen LogP contribution in [0.15, 0.2) is 52.4 Å². The number of nitrogens with zero attached hydrogens (tertiary/aromatic N) is 2. The van der Waals surface area contributed by atoms with Crippen LogP contribution in [-0.4, -0.2) is 26.7 Å². The van der Waals surface area contributed by atoms with E-state index in [0.29, 0.717) is 11.6 Å². The SMILES string of the molecule is CC(Sc1nc2ccccc2c(=O)n1-c1ccc(F)cc1F)C(=O)NC(N)=O. The van der Waals surface area contributed by atoms with Gasteiger partial charge in [-0.05, 0) is 31.2 Å². The van der Waals surface area contributed by atoms with E-state index in [1.54, 1.807) is 18.2 Å². The number of primary amides is 1. The third-order valence-corrected chi connectivity index (χ3v) is 4.85. The number of carbonyl (C=O) groups is 2. The summed E-state index contributed by atoms with van der Waals surface area (Å²) in [6.07, 6.45) is 0. The Morgan fingerprint density at radius 2 is 1.93 bits per heavy atom. The normalized spacial score (nSPS) is 12.0. The van der Waals surface area contributed by atoms with Crippen molar-refractivity contribution in [3.63, 3.8) is 0 Å². The van der Waals surface area contributed by atoms with E-state index >= 15 is 0 Å². The number of benzene rings is 2.